The summed E-state index contributed by atoms with van der Waals surface area (Å²) in [5.41, 5.74) is 5.50. The van der Waals surface area contributed by atoms with Crippen molar-refractivity contribution in [2.45, 2.75) is 6.10 Å². The molecule has 1 unspecified atom stereocenters. The van der Waals surface area contributed by atoms with Crippen molar-refractivity contribution in [2.24, 2.45) is 0 Å². The largest absolute Gasteiger partial charge is 0.378 e. The summed E-state index contributed by atoms with van der Waals surface area (Å²) in [4.78, 5) is 24.3. The van der Waals surface area contributed by atoms with Crippen LogP contribution in [0.25, 0.3) is 10.8 Å². The van der Waals surface area contributed by atoms with Gasteiger partial charge in [0.2, 0.25) is 0 Å². The maximum Gasteiger partial charge on any atom is 0.271 e. The smallest absolute Gasteiger partial charge is 0.271 e. The van der Waals surface area contributed by atoms with E-state index in [9.17, 15) is 14.7 Å². The first-order valence-electron chi connectivity index (χ1n) is 7.48. The molecular formula is C19H16N2O3. The zero-order valence-electron chi connectivity index (χ0n) is 12.8. The Morgan fingerprint density at radius 2 is 1.46 bits per heavy atom. The Hall–Kier alpha value is -3.18. The van der Waals surface area contributed by atoms with E-state index >= 15 is 0 Å². The lowest BCUT2D eigenvalue weighted by Crippen LogP contribution is -2.44. The summed E-state index contributed by atoms with van der Waals surface area (Å²) >= 11 is 0. The highest BCUT2D eigenvalue weighted by Gasteiger charge is 2.18. The van der Waals surface area contributed by atoms with E-state index in [4.69, 9.17) is 0 Å². The highest BCUT2D eigenvalue weighted by Crippen LogP contribution is 2.18. The van der Waals surface area contributed by atoms with E-state index in [-0.39, 0.29) is 0 Å². The first kappa shape index (κ1) is 15.7. The molecule has 0 aliphatic heterocycles. The lowest BCUT2D eigenvalue weighted by atomic mass is 10.0. The Kier molecular flexibility index (Phi) is 4.54. The predicted octanol–water partition coefficient (Wildman–Crippen LogP) is 2.33. The molecular weight excluding hydrogens is 304 g/mol. The predicted molar refractivity (Wildman–Crippen MR) is 91.0 cm³/mol. The van der Waals surface area contributed by atoms with Gasteiger partial charge in [0.25, 0.3) is 11.8 Å². The third-order valence-electron chi connectivity index (χ3n) is 3.70. The van der Waals surface area contributed by atoms with Crippen molar-refractivity contribution in [3.63, 3.8) is 0 Å². The SMILES string of the molecule is O=C(NNC(=O)C(O)c1ccccc1)c1cccc2ccccc12. The number of hydrazine groups is 1. The van der Waals surface area contributed by atoms with Crippen LogP contribution in [-0.2, 0) is 4.79 Å². The fourth-order valence-electron chi connectivity index (χ4n) is 2.46. The molecule has 1 atom stereocenters. The number of benzene rings is 3. The van der Waals surface area contributed by atoms with Crippen molar-refractivity contribution in [1.29, 1.82) is 0 Å². The van der Waals surface area contributed by atoms with E-state index in [1.54, 1.807) is 42.5 Å². The first-order chi connectivity index (χ1) is 11.7. The molecule has 0 fully saturated rings. The molecule has 0 aromatic heterocycles. The number of carbonyl (C=O) groups is 2. The molecule has 0 aliphatic rings. The molecule has 3 N–H and O–H groups in total. The number of rotatable bonds is 3. The van der Waals surface area contributed by atoms with Crippen molar-refractivity contribution < 1.29 is 14.7 Å². The van der Waals surface area contributed by atoms with E-state index in [1.807, 2.05) is 30.3 Å². The van der Waals surface area contributed by atoms with Gasteiger partial charge >= 0.3 is 0 Å². The van der Waals surface area contributed by atoms with E-state index in [0.717, 1.165) is 10.8 Å². The number of fused-ring (bicyclic) bond motifs is 1. The summed E-state index contributed by atoms with van der Waals surface area (Å²) in [5, 5.41) is 11.7. The van der Waals surface area contributed by atoms with Crippen molar-refractivity contribution in [2.75, 3.05) is 0 Å². The molecule has 3 aromatic carbocycles. The van der Waals surface area contributed by atoms with Gasteiger partial charge in [-0.3, -0.25) is 20.4 Å². The number of carbonyl (C=O) groups excluding carboxylic acids is 2. The van der Waals surface area contributed by atoms with Gasteiger partial charge in [0.05, 0.1) is 0 Å². The minimum absolute atomic E-state index is 0.444. The minimum atomic E-state index is -1.35. The molecule has 0 saturated carbocycles. The summed E-state index contributed by atoms with van der Waals surface area (Å²) in [6.45, 7) is 0. The minimum Gasteiger partial charge on any atom is -0.378 e. The molecule has 5 heteroatoms. The molecule has 0 aliphatic carbocycles. The Balaban J connectivity index is 1.70. The second-order valence-corrected chi connectivity index (χ2v) is 5.28. The third kappa shape index (κ3) is 3.26. The molecule has 0 spiro atoms. The summed E-state index contributed by atoms with van der Waals surface area (Å²) in [7, 11) is 0. The van der Waals surface area contributed by atoms with Crippen LogP contribution in [-0.4, -0.2) is 16.9 Å². The quantitative estimate of drug-likeness (QED) is 0.648. The van der Waals surface area contributed by atoms with Crippen molar-refractivity contribution in [1.82, 2.24) is 10.9 Å². The number of hydrogen-bond donors (Lipinski definition) is 3. The van der Waals surface area contributed by atoms with Crippen molar-refractivity contribution in [3.05, 3.63) is 83.9 Å². The summed E-state index contributed by atoms with van der Waals surface area (Å²) in [5.74, 6) is -1.14. The first-order valence-corrected chi connectivity index (χ1v) is 7.48. The molecule has 0 radical (unpaired) electrons. The summed E-state index contributed by atoms with van der Waals surface area (Å²) in [6.07, 6.45) is -1.35. The monoisotopic (exact) mass is 320 g/mol. The standard InChI is InChI=1S/C19H16N2O3/c22-17(14-8-2-1-3-9-14)19(24)21-20-18(23)16-12-6-10-13-7-4-5-11-15(13)16/h1-12,17,22H,(H,20,23)(H,21,24). The number of nitrogens with one attached hydrogen (secondary N) is 2. The van der Waals surface area contributed by atoms with Gasteiger partial charge in [-0.05, 0) is 22.4 Å². The molecule has 3 aromatic rings. The van der Waals surface area contributed by atoms with Crippen LogP contribution in [0.5, 0.6) is 0 Å². The molecule has 3 rings (SSSR count). The highest BCUT2D eigenvalue weighted by atomic mass is 16.3. The molecule has 5 nitrogen and oxygen atoms in total. The maximum atomic E-state index is 12.3. The molecule has 2 amide bonds. The van der Waals surface area contributed by atoms with E-state index in [0.29, 0.717) is 11.1 Å². The van der Waals surface area contributed by atoms with Crippen LogP contribution < -0.4 is 10.9 Å². The Morgan fingerprint density at radius 1 is 0.792 bits per heavy atom. The average molecular weight is 320 g/mol. The van der Waals surface area contributed by atoms with Crippen LogP contribution in [0.3, 0.4) is 0 Å². The highest BCUT2D eigenvalue weighted by molar-refractivity contribution is 6.07. The van der Waals surface area contributed by atoms with Crippen LogP contribution >= 0.6 is 0 Å². The Bertz CT molecular complexity index is 873. The van der Waals surface area contributed by atoms with Crippen LogP contribution in [0.1, 0.15) is 22.0 Å². The van der Waals surface area contributed by atoms with Gasteiger partial charge in [0, 0.05) is 5.56 Å². The maximum absolute atomic E-state index is 12.3. The molecule has 120 valence electrons. The second-order valence-electron chi connectivity index (χ2n) is 5.28. The lowest BCUT2D eigenvalue weighted by Gasteiger charge is -2.13. The second kappa shape index (κ2) is 6.93. The number of aliphatic hydroxyl groups is 1. The van der Waals surface area contributed by atoms with Crippen LogP contribution in [0.15, 0.2) is 72.8 Å². The van der Waals surface area contributed by atoms with Crippen molar-refractivity contribution in [3.8, 4) is 0 Å². The number of amides is 2. The van der Waals surface area contributed by atoms with Gasteiger partial charge in [-0.25, -0.2) is 0 Å². The van der Waals surface area contributed by atoms with Crippen LogP contribution in [0, 0.1) is 0 Å². The molecule has 0 bridgehead atoms. The van der Waals surface area contributed by atoms with Crippen LogP contribution in [0.2, 0.25) is 0 Å². The van der Waals surface area contributed by atoms with Crippen molar-refractivity contribution >= 4 is 22.6 Å². The normalized spacial score (nSPS) is 11.7. The summed E-state index contributed by atoms with van der Waals surface area (Å²) in [6, 6.07) is 21.3. The van der Waals surface area contributed by atoms with Gasteiger partial charge in [-0.2, -0.15) is 0 Å². The fraction of sp³-hybridized carbons (Fsp3) is 0.0526. The molecule has 0 heterocycles. The molecule has 24 heavy (non-hydrogen) atoms. The molecule has 0 saturated heterocycles. The van der Waals surface area contributed by atoms with Gasteiger partial charge in [0.1, 0.15) is 0 Å². The van der Waals surface area contributed by atoms with Gasteiger partial charge in [0.15, 0.2) is 6.10 Å². The van der Waals surface area contributed by atoms with Gasteiger partial charge in [-0.1, -0.05) is 66.7 Å². The Morgan fingerprint density at radius 3 is 2.25 bits per heavy atom. The summed E-state index contributed by atoms with van der Waals surface area (Å²) < 4.78 is 0. The van der Waals surface area contributed by atoms with E-state index in [2.05, 4.69) is 10.9 Å². The third-order valence-corrected chi connectivity index (χ3v) is 3.70. The topological polar surface area (TPSA) is 78.4 Å². The van der Waals surface area contributed by atoms with Crippen LogP contribution in [0.4, 0.5) is 0 Å². The number of aliphatic hydroxyl groups excluding tert-OH is 1. The van der Waals surface area contributed by atoms with Gasteiger partial charge < -0.3 is 5.11 Å². The Labute approximate surface area is 138 Å². The van der Waals surface area contributed by atoms with Gasteiger partial charge in [-0.15, -0.1) is 0 Å². The average Bonchev–Trinajstić information content (AvgIpc) is 2.65. The zero-order valence-corrected chi connectivity index (χ0v) is 12.8. The fourth-order valence-corrected chi connectivity index (χ4v) is 2.46. The van der Waals surface area contributed by atoms with E-state index in [1.165, 1.54) is 0 Å². The lowest BCUT2D eigenvalue weighted by molar-refractivity contribution is -0.130. The van der Waals surface area contributed by atoms with E-state index < -0.39 is 17.9 Å². The zero-order chi connectivity index (χ0) is 16.9. The number of hydrogen-bond acceptors (Lipinski definition) is 3.